The summed E-state index contributed by atoms with van der Waals surface area (Å²) in [5.41, 5.74) is 1.63. The minimum atomic E-state index is -1.05. The molecule has 0 spiro atoms. The lowest BCUT2D eigenvalue weighted by atomic mass is 10.1. The largest absolute Gasteiger partial charge is 0.511 e. The second-order valence-electron chi connectivity index (χ2n) is 8.67. The number of benzene rings is 2. The third-order valence-corrected chi connectivity index (χ3v) is 5.28. The Bertz CT molecular complexity index is 928. The lowest BCUT2D eigenvalue weighted by Crippen LogP contribution is -2.22. The van der Waals surface area contributed by atoms with E-state index in [-0.39, 0.29) is 26.1 Å². The number of ether oxygens (including phenoxy) is 6. The Morgan fingerprint density at radius 2 is 0.897 bits per heavy atom. The van der Waals surface area contributed by atoms with Crippen molar-refractivity contribution in [3.05, 3.63) is 71.8 Å². The van der Waals surface area contributed by atoms with E-state index in [1.54, 1.807) is 0 Å². The Morgan fingerprint density at radius 1 is 0.538 bits per heavy atom. The standard InChI is InChI=1S/C29H36O10/c1-22(38-28(32)34-20-24-14-8-6-9-15-24)36-26(30)18-12-4-3-5-13-19-27(31)37-23(2)39-29(33)35-21-25-16-10-7-11-17-25/h6-11,14-17,22-23H,3-5,12-13,18-21H2,1-2H3. The zero-order valence-corrected chi connectivity index (χ0v) is 22.4. The van der Waals surface area contributed by atoms with Crippen molar-refractivity contribution in [1.82, 2.24) is 0 Å². The first-order valence-electron chi connectivity index (χ1n) is 13.0. The van der Waals surface area contributed by atoms with Crippen LogP contribution in [-0.4, -0.2) is 36.8 Å². The maximum Gasteiger partial charge on any atom is 0.511 e. The van der Waals surface area contributed by atoms with Crippen LogP contribution in [0.3, 0.4) is 0 Å². The molecule has 0 amide bonds. The predicted octanol–water partition coefficient (Wildman–Crippen LogP) is 6.20. The van der Waals surface area contributed by atoms with E-state index in [4.69, 9.17) is 28.4 Å². The normalized spacial score (nSPS) is 11.9. The predicted molar refractivity (Wildman–Crippen MR) is 139 cm³/mol. The molecule has 0 aromatic heterocycles. The van der Waals surface area contributed by atoms with Crippen LogP contribution in [0, 0.1) is 0 Å². The van der Waals surface area contributed by atoms with Crippen molar-refractivity contribution in [3.8, 4) is 0 Å². The van der Waals surface area contributed by atoms with E-state index in [0.717, 1.165) is 30.4 Å². The van der Waals surface area contributed by atoms with Crippen LogP contribution in [0.4, 0.5) is 9.59 Å². The average molecular weight is 545 g/mol. The maximum absolute atomic E-state index is 11.9. The molecule has 2 atom stereocenters. The fraction of sp³-hybridized carbons (Fsp3) is 0.448. The van der Waals surface area contributed by atoms with Crippen LogP contribution >= 0.6 is 0 Å². The van der Waals surface area contributed by atoms with Crippen LogP contribution < -0.4 is 0 Å². The molecule has 2 rings (SSSR count). The lowest BCUT2D eigenvalue weighted by molar-refractivity contribution is -0.169. The van der Waals surface area contributed by atoms with Crippen molar-refractivity contribution in [2.45, 2.75) is 84.6 Å². The highest BCUT2D eigenvalue weighted by molar-refractivity contribution is 5.70. The van der Waals surface area contributed by atoms with Gasteiger partial charge in [0.05, 0.1) is 0 Å². The first-order chi connectivity index (χ1) is 18.8. The fourth-order valence-electron chi connectivity index (χ4n) is 3.38. The molecule has 0 bridgehead atoms. The molecule has 0 saturated carbocycles. The third-order valence-electron chi connectivity index (χ3n) is 5.28. The van der Waals surface area contributed by atoms with Crippen LogP contribution in [0.1, 0.15) is 69.9 Å². The second-order valence-corrected chi connectivity index (χ2v) is 8.67. The summed E-state index contributed by atoms with van der Waals surface area (Å²) in [5, 5.41) is 0. The quantitative estimate of drug-likeness (QED) is 0.104. The minimum Gasteiger partial charge on any atom is -0.429 e. The molecule has 39 heavy (non-hydrogen) atoms. The van der Waals surface area contributed by atoms with Crippen LogP contribution in [0.2, 0.25) is 0 Å². The Morgan fingerprint density at radius 3 is 1.28 bits per heavy atom. The fourth-order valence-corrected chi connectivity index (χ4v) is 3.38. The SMILES string of the molecule is CC(OC(=O)CCCCCCCC(=O)OC(C)OC(=O)OCc1ccccc1)OC(=O)OCc1ccccc1. The van der Waals surface area contributed by atoms with Gasteiger partial charge < -0.3 is 28.4 Å². The van der Waals surface area contributed by atoms with Gasteiger partial charge in [0, 0.05) is 26.7 Å². The Kier molecular flexibility index (Phi) is 14.5. The van der Waals surface area contributed by atoms with Crippen LogP contribution in [0.15, 0.2) is 60.7 Å². The van der Waals surface area contributed by atoms with Gasteiger partial charge in [-0.1, -0.05) is 79.9 Å². The van der Waals surface area contributed by atoms with Gasteiger partial charge in [0.25, 0.3) is 0 Å². The van der Waals surface area contributed by atoms with E-state index in [1.807, 2.05) is 60.7 Å². The van der Waals surface area contributed by atoms with Crippen LogP contribution in [0.5, 0.6) is 0 Å². The average Bonchev–Trinajstić information content (AvgIpc) is 2.91. The van der Waals surface area contributed by atoms with Gasteiger partial charge in [0.1, 0.15) is 13.2 Å². The van der Waals surface area contributed by atoms with Crippen molar-refractivity contribution in [2.24, 2.45) is 0 Å². The minimum absolute atomic E-state index is 0.0642. The first-order valence-corrected chi connectivity index (χ1v) is 13.0. The highest BCUT2D eigenvalue weighted by Crippen LogP contribution is 2.11. The number of unbranched alkanes of at least 4 members (excludes halogenated alkanes) is 4. The van der Waals surface area contributed by atoms with Gasteiger partial charge in [-0.25, -0.2) is 9.59 Å². The highest BCUT2D eigenvalue weighted by atomic mass is 16.8. The van der Waals surface area contributed by atoms with Gasteiger partial charge in [0.2, 0.25) is 12.6 Å². The maximum atomic E-state index is 11.9. The van der Waals surface area contributed by atoms with Gasteiger partial charge in [-0.3, -0.25) is 9.59 Å². The molecule has 2 aromatic rings. The molecule has 212 valence electrons. The third kappa shape index (κ3) is 15.1. The monoisotopic (exact) mass is 544 g/mol. The highest BCUT2D eigenvalue weighted by Gasteiger charge is 2.16. The van der Waals surface area contributed by atoms with E-state index in [2.05, 4.69) is 0 Å². The summed E-state index contributed by atoms with van der Waals surface area (Å²) in [6.45, 7) is 3.02. The number of rotatable bonds is 16. The van der Waals surface area contributed by atoms with E-state index < -0.39 is 36.8 Å². The summed E-state index contributed by atoms with van der Waals surface area (Å²) in [6, 6.07) is 18.3. The molecule has 2 unspecified atom stereocenters. The molecule has 0 saturated heterocycles. The van der Waals surface area contributed by atoms with Gasteiger partial charge in [-0.2, -0.15) is 0 Å². The van der Waals surface area contributed by atoms with E-state index in [9.17, 15) is 19.2 Å². The van der Waals surface area contributed by atoms with Crippen molar-refractivity contribution < 1.29 is 47.6 Å². The van der Waals surface area contributed by atoms with Gasteiger partial charge in [-0.15, -0.1) is 0 Å². The van der Waals surface area contributed by atoms with Crippen molar-refractivity contribution in [2.75, 3.05) is 0 Å². The number of esters is 2. The molecule has 0 N–H and O–H groups in total. The molecule has 0 fully saturated rings. The molecule has 0 aliphatic carbocycles. The lowest BCUT2D eigenvalue weighted by Gasteiger charge is -2.14. The molecular weight excluding hydrogens is 508 g/mol. The van der Waals surface area contributed by atoms with Gasteiger partial charge in [0.15, 0.2) is 0 Å². The van der Waals surface area contributed by atoms with E-state index in [0.29, 0.717) is 12.8 Å². The summed E-state index contributed by atoms with van der Waals surface area (Å²) in [5.74, 6) is -0.948. The zero-order chi connectivity index (χ0) is 28.3. The first kappa shape index (κ1) is 31.1. The molecule has 0 heterocycles. The Hall–Kier alpha value is -4.08. The van der Waals surface area contributed by atoms with Crippen molar-refractivity contribution in [1.29, 1.82) is 0 Å². The van der Waals surface area contributed by atoms with Crippen LogP contribution in [-0.2, 0) is 51.2 Å². The van der Waals surface area contributed by atoms with Gasteiger partial charge >= 0.3 is 24.2 Å². The summed E-state index contributed by atoms with van der Waals surface area (Å²) >= 11 is 0. The smallest absolute Gasteiger partial charge is 0.429 e. The molecule has 2 aromatic carbocycles. The second kappa shape index (κ2) is 18.2. The van der Waals surface area contributed by atoms with Gasteiger partial charge in [-0.05, 0) is 24.0 Å². The Labute approximate surface area is 228 Å². The summed E-state index contributed by atoms with van der Waals surface area (Å²) in [4.78, 5) is 47.3. The van der Waals surface area contributed by atoms with Crippen molar-refractivity contribution >= 4 is 24.2 Å². The zero-order valence-electron chi connectivity index (χ0n) is 22.4. The number of carbonyl (C=O) groups is 4. The van der Waals surface area contributed by atoms with Crippen LogP contribution in [0.25, 0.3) is 0 Å². The number of hydrogen-bond donors (Lipinski definition) is 0. The van der Waals surface area contributed by atoms with E-state index in [1.165, 1.54) is 13.8 Å². The molecule has 10 nitrogen and oxygen atoms in total. The summed E-state index contributed by atoms with van der Waals surface area (Å²) < 4.78 is 29.9. The summed E-state index contributed by atoms with van der Waals surface area (Å²) in [7, 11) is 0. The van der Waals surface area contributed by atoms with E-state index >= 15 is 0 Å². The molecule has 0 aliphatic rings. The number of hydrogen-bond acceptors (Lipinski definition) is 10. The van der Waals surface area contributed by atoms with Crippen molar-refractivity contribution in [3.63, 3.8) is 0 Å². The molecule has 10 heteroatoms. The Balaban J connectivity index is 1.44. The topological polar surface area (TPSA) is 124 Å². The molecule has 0 aliphatic heterocycles. The summed E-state index contributed by atoms with van der Waals surface area (Å²) in [6.07, 6.45) is -0.00793. The molecule has 0 radical (unpaired) electrons. The molecular formula is C29H36O10. The number of carbonyl (C=O) groups excluding carboxylic acids is 4.